The SMILES string of the molecule is COc1cc2nccc(Oc3ccc(NC(=O)c4cn(CCN(C)C)cc(-c5ccc(F)c(F)c5)c4=O)nc3)c2cc1OC.[HH]. The molecule has 1 N–H and O–H groups in total. The van der Waals surface area contributed by atoms with Crippen molar-refractivity contribution in [3.8, 4) is 34.1 Å². The lowest BCUT2D eigenvalue weighted by Gasteiger charge is -2.15. The Labute approximate surface area is 252 Å². The molecular formula is C32H31F2N5O5. The molecule has 5 rings (SSSR count). The molecule has 0 aliphatic rings. The van der Waals surface area contributed by atoms with Gasteiger partial charge in [-0.3, -0.25) is 14.6 Å². The number of anilines is 1. The first-order chi connectivity index (χ1) is 21.2. The Bertz CT molecular complexity index is 1900. The summed E-state index contributed by atoms with van der Waals surface area (Å²) < 4.78 is 46.1. The molecule has 0 spiro atoms. The molecule has 0 aliphatic heterocycles. The van der Waals surface area contributed by atoms with Gasteiger partial charge in [0.1, 0.15) is 22.9 Å². The third kappa shape index (κ3) is 6.50. The van der Waals surface area contributed by atoms with Crippen LogP contribution in [-0.4, -0.2) is 60.2 Å². The summed E-state index contributed by atoms with van der Waals surface area (Å²) in [4.78, 5) is 37.2. The van der Waals surface area contributed by atoms with Crippen molar-refractivity contribution in [1.82, 2.24) is 19.4 Å². The van der Waals surface area contributed by atoms with E-state index in [-0.39, 0.29) is 23.9 Å². The number of hydrogen-bond donors (Lipinski definition) is 1. The van der Waals surface area contributed by atoms with Crippen molar-refractivity contribution < 1.29 is 29.2 Å². The molecule has 5 aromatic rings. The fourth-order valence-corrected chi connectivity index (χ4v) is 4.47. The predicted molar refractivity (Wildman–Crippen MR) is 164 cm³/mol. The van der Waals surface area contributed by atoms with Crippen LogP contribution in [0.1, 0.15) is 11.8 Å². The van der Waals surface area contributed by atoms with E-state index in [9.17, 15) is 18.4 Å². The van der Waals surface area contributed by atoms with Gasteiger partial charge in [-0.25, -0.2) is 13.8 Å². The molecule has 0 atom stereocenters. The Morgan fingerprint density at radius 2 is 1.73 bits per heavy atom. The minimum absolute atomic E-state index is 0. The van der Waals surface area contributed by atoms with E-state index < -0.39 is 23.0 Å². The second kappa shape index (κ2) is 12.9. The first-order valence-electron chi connectivity index (χ1n) is 13.5. The molecule has 0 radical (unpaired) electrons. The van der Waals surface area contributed by atoms with Crippen LogP contribution in [0.3, 0.4) is 0 Å². The summed E-state index contributed by atoms with van der Waals surface area (Å²) in [5, 5.41) is 3.32. The molecule has 12 heteroatoms. The highest BCUT2D eigenvalue weighted by Crippen LogP contribution is 2.36. The first-order valence-corrected chi connectivity index (χ1v) is 13.5. The summed E-state index contributed by atoms with van der Waals surface area (Å²) in [6.45, 7) is 1.05. The molecule has 3 heterocycles. The van der Waals surface area contributed by atoms with Crippen molar-refractivity contribution in [3.05, 3.63) is 101 Å². The van der Waals surface area contributed by atoms with E-state index in [2.05, 4.69) is 15.3 Å². The van der Waals surface area contributed by atoms with Crippen molar-refractivity contribution in [3.63, 3.8) is 0 Å². The number of nitrogens with zero attached hydrogens (tertiary/aromatic N) is 4. The fraction of sp³-hybridized carbons (Fsp3) is 0.188. The Morgan fingerprint density at radius 1 is 0.955 bits per heavy atom. The number of rotatable bonds is 10. The molecule has 3 aromatic heterocycles. The smallest absolute Gasteiger partial charge is 0.262 e. The topological polar surface area (TPSA) is 108 Å². The van der Waals surface area contributed by atoms with Gasteiger partial charge >= 0.3 is 0 Å². The van der Waals surface area contributed by atoms with E-state index >= 15 is 0 Å². The predicted octanol–water partition coefficient (Wildman–Crippen LogP) is 5.61. The maximum Gasteiger partial charge on any atom is 0.262 e. The van der Waals surface area contributed by atoms with Gasteiger partial charge in [0.15, 0.2) is 23.1 Å². The van der Waals surface area contributed by atoms with E-state index in [4.69, 9.17) is 14.2 Å². The van der Waals surface area contributed by atoms with Gasteiger partial charge in [-0.2, -0.15) is 0 Å². The van der Waals surface area contributed by atoms with Crippen LogP contribution in [0.25, 0.3) is 22.0 Å². The number of likely N-dealkylation sites (N-methyl/N-ethyl adjacent to an activating group) is 1. The van der Waals surface area contributed by atoms with Gasteiger partial charge in [-0.05, 0) is 56.1 Å². The third-order valence-electron chi connectivity index (χ3n) is 6.77. The van der Waals surface area contributed by atoms with Crippen molar-refractivity contribution in [2.45, 2.75) is 6.54 Å². The number of amides is 1. The Balaban J connectivity index is 0.00000461. The van der Waals surface area contributed by atoms with E-state index in [0.29, 0.717) is 47.0 Å². The molecule has 0 bridgehead atoms. The highest BCUT2D eigenvalue weighted by Gasteiger charge is 2.18. The quantitative estimate of drug-likeness (QED) is 0.220. The van der Waals surface area contributed by atoms with Gasteiger partial charge in [0, 0.05) is 50.1 Å². The number of nitrogens with one attached hydrogen (secondary N) is 1. The van der Waals surface area contributed by atoms with Crippen LogP contribution < -0.4 is 25.0 Å². The van der Waals surface area contributed by atoms with Gasteiger partial charge in [-0.15, -0.1) is 0 Å². The summed E-state index contributed by atoms with van der Waals surface area (Å²) in [6, 6.07) is 11.5. The minimum atomic E-state index is -1.10. The van der Waals surface area contributed by atoms with Crippen LogP contribution in [0.5, 0.6) is 23.0 Å². The highest BCUT2D eigenvalue weighted by molar-refractivity contribution is 6.04. The van der Waals surface area contributed by atoms with Crippen molar-refractivity contribution >= 4 is 22.6 Å². The molecule has 2 aromatic carbocycles. The second-order valence-corrected chi connectivity index (χ2v) is 10.1. The second-order valence-electron chi connectivity index (χ2n) is 10.1. The normalized spacial score (nSPS) is 11.1. The number of fused-ring (bicyclic) bond motifs is 1. The first kappa shape index (κ1) is 30.1. The maximum atomic E-state index is 14.0. The summed E-state index contributed by atoms with van der Waals surface area (Å²) in [5.41, 5.74) is 0.0399. The van der Waals surface area contributed by atoms with Gasteiger partial charge in [0.05, 0.1) is 25.9 Å². The number of carbonyl (C=O) groups is 1. The minimum Gasteiger partial charge on any atom is -0.493 e. The molecule has 44 heavy (non-hydrogen) atoms. The summed E-state index contributed by atoms with van der Waals surface area (Å²) in [5.74, 6) is -0.729. The Morgan fingerprint density at radius 3 is 2.41 bits per heavy atom. The average Bonchev–Trinajstić information content (AvgIpc) is 3.02. The van der Waals surface area contributed by atoms with Crippen LogP contribution in [0, 0.1) is 11.6 Å². The molecule has 0 aliphatic carbocycles. The summed E-state index contributed by atoms with van der Waals surface area (Å²) >= 11 is 0. The molecule has 0 saturated heterocycles. The number of ether oxygens (including phenoxy) is 3. The number of halogens is 2. The summed E-state index contributed by atoms with van der Waals surface area (Å²) in [6.07, 6.45) is 5.98. The van der Waals surface area contributed by atoms with Crippen molar-refractivity contribution in [2.24, 2.45) is 0 Å². The van der Waals surface area contributed by atoms with Crippen molar-refractivity contribution in [1.29, 1.82) is 0 Å². The number of aromatic nitrogens is 3. The molecule has 0 unspecified atom stereocenters. The largest absolute Gasteiger partial charge is 0.493 e. The van der Waals surface area contributed by atoms with Gasteiger partial charge in [0.2, 0.25) is 5.43 Å². The molecular weight excluding hydrogens is 572 g/mol. The van der Waals surface area contributed by atoms with Gasteiger partial charge in [0.25, 0.3) is 5.91 Å². The summed E-state index contributed by atoms with van der Waals surface area (Å²) in [7, 11) is 6.85. The number of methoxy groups -OCH3 is 2. The Hall–Kier alpha value is -5.36. The van der Waals surface area contributed by atoms with Gasteiger partial charge < -0.3 is 29.0 Å². The Kier molecular flexibility index (Phi) is 8.81. The van der Waals surface area contributed by atoms with Crippen molar-refractivity contribution in [2.75, 3.05) is 40.2 Å². The lowest BCUT2D eigenvalue weighted by molar-refractivity contribution is 0.102. The van der Waals surface area contributed by atoms with Crippen LogP contribution >= 0.6 is 0 Å². The van der Waals surface area contributed by atoms with E-state index in [0.717, 1.165) is 12.1 Å². The van der Waals surface area contributed by atoms with Crippen LogP contribution in [0.4, 0.5) is 14.6 Å². The standard InChI is InChI=1S/C32H29F2N5O5.H2/c1-38(2)11-12-39-17-22(19-5-7-24(33)25(34)13-19)31(40)23(18-39)32(41)37-30-8-6-20(16-36-30)44-27-9-10-35-26-15-29(43-4)28(42-3)14-21(26)27;/h5-10,13-18H,11-12H2,1-4H3,(H,36,37,41);1H. The van der Waals surface area contributed by atoms with E-state index in [1.807, 2.05) is 19.0 Å². The number of benzene rings is 2. The van der Waals surface area contributed by atoms with Crippen LogP contribution in [0.2, 0.25) is 0 Å². The zero-order valence-corrected chi connectivity index (χ0v) is 24.4. The average molecular weight is 604 g/mol. The van der Waals surface area contributed by atoms with E-state index in [1.54, 1.807) is 42.1 Å². The lowest BCUT2D eigenvalue weighted by atomic mass is 10.0. The maximum absolute atomic E-state index is 14.0. The van der Waals surface area contributed by atoms with Crippen LogP contribution in [0.15, 0.2) is 78.1 Å². The molecule has 0 saturated carbocycles. The number of carbonyl (C=O) groups excluding carboxylic acids is 1. The molecule has 1 amide bonds. The zero-order valence-electron chi connectivity index (χ0n) is 24.4. The number of hydrogen-bond acceptors (Lipinski definition) is 8. The highest BCUT2D eigenvalue weighted by atomic mass is 19.2. The molecule has 10 nitrogen and oxygen atoms in total. The monoisotopic (exact) mass is 603 g/mol. The van der Waals surface area contributed by atoms with E-state index in [1.165, 1.54) is 37.8 Å². The van der Waals surface area contributed by atoms with Gasteiger partial charge in [-0.1, -0.05) is 6.07 Å². The lowest BCUT2D eigenvalue weighted by Crippen LogP contribution is -2.26. The fourth-order valence-electron chi connectivity index (χ4n) is 4.47. The molecule has 0 fully saturated rings. The number of pyridine rings is 3. The zero-order chi connectivity index (χ0) is 31.4. The van der Waals surface area contributed by atoms with Crippen LogP contribution in [-0.2, 0) is 6.54 Å². The molecule has 228 valence electrons. The third-order valence-corrected chi connectivity index (χ3v) is 6.77.